The van der Waals surface area contributed by atoms with E-state index >= 15 is 0 Å². The first kappa shape index (κ1) is 10.7. The predicted molar refractivity (Wildman–Crippen MR) is 65.4 cm³/mol. The fraction of sp³-hybridized carbons (Fsp3) is 0.571. The molecule has 2 rings (SSSR count). The first-order chi connectivity index (χ1) is 7.08. The molecule has 1 aromatic rings. The molecule has 1 aliphatic carbocycles. The van der Waals surface area contributed by atoms with Crippen LogP contribution < -0.4 is 0 Å². The Morgan fingerprint density at radius 3 is 2.40 bits per heavy atom. The van der Waals surface area contributed by atoms with Gasteiger partial charge in [0.05, 0.1) is 0 Å². The van der Waals surface area contributed by atoms with Crippen LogP contribution in [-0.2, 0) is 12.8 Å². The highest BCUT2D eigenvalue weighted by Crippen LogP contribution is 2.27. The third-order valence-electron chi connectivity index (χ3n) is 3.54. The normalized spacial score (nSPS) is 20.0. The van der Waals surface area contributed by atoms with Crippen molar-refractivity contribution in [1.29, 1.82) is 0 Å². The van der Waals surface area contributed by atoms with Crippen LogP contribution >= 0.6 is 0 Å². The Balaban J connectivity index is 2.24. The van der Waals surface area contributed by atoms with Crippen molar-refractivity contribution in [2.24, 2.45) is 0 Å². The maximum Gasteiger partial charge on any atom is 0.0170 e. The average molecular weight is 203 g/mol. The van der Waals surface area contributed by atoms with Gasteiger partial charge in [-0.1, -0.05) is 32.0 Å². The van der Waals surface area contributed by atoms with E-state index in [1.807, 2.05) is 0 Å². The standard InChI is InChI=1S/C14H21N/c1-10(2)11-5-6-12-8-14(15(3)4)9-13(12)7-11/h5-7,10,14H,8-9H2,1-4H3. The van der Waals surface area contributed by atoms with Crippen LogP contribution in [-0.4, -0.2) is 25.0 Å². The van der Waals surface area contributed by atoms with Gasteiger partial charge in [-0.15, -0.1) is 0 Å². The third-order valence-corrected chi connectivity index (χ3v) is 3.54. The van der Waals surface area contributed by atoms with Gasteiger partial charge in [-0.05, 0) is 49.5 Å². The van der Waals surface area contributed by atoms with E-state index in [2.05, 4.69) is 51.0 Å². The molecule has 0 saturated heterocycles. The number of hydrogen-bond donors (Lipinski definition) is 0. The van der Waals surface area contributed by atoms with Gasteiger partial charge in [0.1, 0.15) is 0 Å². The molecule has 1 aromatic carbocycles. The summed E-state index contributed by atoms with van der Waals surface area (Å²) in [6.45, 7) is 4.53. The van der Waals surface area contributed by atoms with Crippen molar-refractivity contribution in [2.45, 2.75) is 38.6 Å². The summed E-state index contributed by atoms with van der Waals surface area (Å²) in [6.07, 6.45) is 2.45. The van der Waals surface area contributed by atoms with Crippen LogP contribution in [0.1, 0.15) is 36.5 Å². The van der Waals surface area contributed by atoms with Gasteiger partial charge in [0, 0.05) is 6.04 Å². The maximum absolute atomic E-state index is 2.41. The van der Waals surface area contributed by atoms with E-state index in [1.165, 1.54) is 18.4 Å². The molecular weight excluding hydrogens is 182 g/mol. The summed E-state index contributed by atoms with van der Waals surface area (Å²) in [5, 5.41) is 0. The van der Waals surface area contributed by atoms with Crippen LogP contribution in [0.4, 0.5) is 0 Å². The largest absolute Gasteiger partial charge is 0.306 e. The molecule has 82 valence electrons. The van der Waals surface area contributed by atoms with Crippen molar-refractivity contribution in [3.63, 3.8) is 0 Å². The molecule has 0 saturated carbocycles. The minimum Gasteiger partial charge on any atom is -0.306 e. The topological polar surface area (TPSA) is 3.24 Å². The smallest absolute Gasteiger partial charge is 0.0170 e. The Morgan fingerprint density at radius 1 is 1.13 bits per heavy atom. The van der Waals surface area contributed by atoms with Gasteiger partial charge in [-0.2, -0.15) is 0 Å². The molecule has 1 heteroatoms. The molecule has 0 amide bonds. The maximum atomic E-state index is 2.41. The van der Waals surface area contributed by atoms with Crippen LogP contribution in [0.2, 0.25) is 0 Å². The monoisotopic (exact) mass is 203 g/mol. The van der Waals surface area contributed by atoms with Crippen LogP contribution in [0.5, 0.6) is 0 Å². The lowest BCUT2D eigenvalue weighted by molar-refractivity contribution is 0.303. The lowest BCUT2D eigenvalue weighted by Gasteiger charge is -2.17. The summed E-state index contributed by atoms with van der Waals surface area (Å²) >= 11 is 0. The molecule has 1 nitrogen and oxygen atoms in total. The Hall–Kier alpha value is -0.820. The molecule has 1 atom stereocenters. The van der Waals surface area contributed by atoms with E-state index in [9.17, 15) is 0 Å². The zero-order chi connectivity index (χ0) is 11.0. The second-order valence-electron chi connectivity index (χ2n) is 5.21. The van der Waals surface area contributed by atoms with Crippen molar-refractivity contribution >= 4 is 0 Å². The van der Waals surface area contributed by atoms with Gasteiger partial charge < -0.3 is 4.90 Å². The Morgan fingerprint density at radius 2 is 1.80 bits per heavy atom. The van der Waals surface area contributed by atoms with E-state index < -0.39 is 0 Å². The van der Waals surface area contributed by atoms with E-state index in [0.29, 0.717) is 12.0 Å². The zero-order valence-corrected chi connectivity index (χ0v) is 10.2. The molecule has 0 radical (unpaired) electrons. The summed E-state index contributed by atoms with van der Waals surface area (Å²) in [4.78, 5) is 2.34. The van der Waals surface area contributed by atoms with Crippen molar-refractivity contribution in [1.82, 2.24) is 4.90 Å². The number of benzene rings is 1. The minimum atomic E-state index is 0.647. The van der Waals surface area contributed by atoms with Crippen LogP contribution in [0, 0.1) is 0 Å². The SMILES string of the molecule is CC(C)c1ccc2c(c1)CC(N(C)C)C2. The summed E-state index contributed by atoms with van der Waals surface area (Å²) < 4.78 is 0. The second-order valence-corrected chi connectivity index (χ2v) is 5.21. The molecule has 0 N–H and O–H groups in total. The highest BCUT2D eigenvalue weighted by molar-refractivity contribution is 5.38. The molecule has 0 aromatic heterocycles. The molecule has 15 heavy (non-hydrogen) atoms. The van der Waals surface area contributed by atoms with Crippen molar-refractivity contribution in [3.05, 3.63) is 34.9 Å². The average Bonchev–Trinajstić information content (AvgIpc) is 2.59. The van der Waals surface area contributed by atoms with Gasteiger partial charge in [0.2, 0.25) is 0 Å². The summed E-state index contributed by atoms with van der Waals surface area (Å²) in [7, 11) is 4.36. The molecular formula is C14H21N. The van der Waals surface area contributed by atoms with Gasteiger partial charge in [0.15, 0.2) is 0 Å². The number of nitrogens with zero attached hydrogens (tertiary/aromatic N) is 1. The van der Waals surface area contributed by atoms with Crippen molar-refractivity contribution in [2.75, 3.05) is 14.1 Å². The third kappa shape index (κ3) is 2.07. The van der Waals surface area contributed by atoms with E-state index in [0.717, 1.165) is 0 Å². The van der Waals surface area contributed by atoms with Gasteiger partial charge in [0.25, 0.3) is 0 Å². The highest BCUT2D eigenvalue weighted by Gasteiger charge is 2.23. The fourth-order valence-corrected chi connectivity index (χ4v) is 2.34. The zero-order valence-electron chi connectivity index (χ0n) is 10.2. The Bertz CT molecular complexity index is 352. The van der Waals surface area contributed by atoms with Gasteiger partial charge in [-0.3, -0.25) is 0 Å². The van der Waals surface area contributed by atoms with Crippen molar-refractivity contribution in [3.8, 4) is 0 Å². The first-order valence-corrected chi connectivity index (χ1v) is 5.86. The molecule has 0 aliphatic heterocycles. The molecule has 1 aliphatic rings. The number of rotatable bonds is 2. The second kappa shape index (κ2) is 3.97. The van der Waals surface area contributed by atoms with Crippen LogP contribution in [0.25, 0.3) is 0 Å². The Labute approximate surface area is 93.1 Å². The summed E-state index contributed by atoms with van der Waals surface area (Å²) in [5.41, 5.74) is 4.60. The van der Waals surface area contributed by atoms with E-state index in [1.54, 1.807) is 11.1 Å². The van der Waals surface area contributed by atoms with E-state index in [4.69, 9.17) is 0 Å². The first-order valence-electron chi connectivity index (χ1n) is 5.86. The van der Waals surface area contributed by atoms with Crippen LogP contribution in [0.15, 0.2) is 18.2 Å². The molecule has 0 bridgehead atoms. The number of fused-ring (bicyclic) bond motifs is 1. The Kier molecular flexibility index (Phi) is 2.83. The van der Waals surface area contributed by atoms with E-state index in [-0.39, 0.29) is 0 Å². The van der Waals surface area contributed by atoms with Crippen LogP contribution in [0.3, 0.4) is 0 Å². The molecule has 1 unspecified atom stereocenters. The molecule has 0 heterocycles. The number of hydrogen-bond acceptors (Lipinski definition) is 1. The van der Waals surface area contributed by atoms with Crippen molar-refractivity contribution < 1.29 is 0 Å². The predicted octanol–water partition coefficient (Wildman–Crippen LogP) is 2.84. The lowest BCUT2D eigenvalue weighted by Crippen LogP contribution is -2.27. The lowest BCUT2D eigenvalue weighted by atomic mass is 9.99. The van der Waals surface area contributed by atoms with Gasteiger partial charge >= 0.3 is 0 Å². The molecule has 0 spiro atoms. The summed E-state index contributed by atoms with van der Waals surface area (Å²) in [6, 6.07) is 7.74. The number of likely N-dealkylation sites (N-methyl/N-ethyl adjacent to an activating group) is 1. The summed E-state index contributed by atoms with van der Waals surface area (Å²) in [5.74, 6) is 0.647. The van der Waals surface area contributed by atoms with Gasteiger partial charge in [-0.25, -0.2) is 0 Å². The fourth-order valence-electron chi connectivity index (χ4n) is 2.34. The highest BCUT2D eigenvalue weighted by atomic mass is 15.1. The quantitative estimate of drug-likeness (QED) is 0.714. The molecule has 0 fully saturated rings. The minimum absolute atomic E-state index is 0.647.